The maximum atomic E-state index is 12.6. The van der Waals surface area contributed by atoms with Crippen LogP contribution in [-0.2, 0) is 28.5 Å². The molecular formula is C47H73NO16. The van der Waals surface area contributed by atoms with Crippen molar-refractivity contribution >= 4 is 11.9 Å². The highest BCUT2D eigenvalue weighted by Gasteiger charge is 2.51. The van der Waals surface area contributed by atoms with Crippen LogP contribution in [0.3, 0.4) is 0 Å². The van der Waals surface area contributed by atoms with Gasteiger partial charge in [0.1, 0.15) is 18.1 Å². The van der Waals surface area contributed by atoms with E-state index in [0.29, 0.717) is 0 Å². The number of carbonyl (C=O) groups excluding carboxylic acids is 1. The molecule has 0 radical (unpaired) electrons. The molecule has 17 heteroatoms. The lowest BCUT2D eigenvalue weighted by Gasteiger charge is -2.45. The third-order valence-corrected chi connectivity index (χ3v) is 12.0. The zero-order valence-corrected chi connectivity index (χ0v) is 37.3. The van der Waals surface area contributed by atoms with Crippen LogP contribution in [-0.4, -0.2) is 154 Å². The van der Waals surface area contributed by atoms with E-state index in [1.54, 1.807) is 50.3 Å². The molecule has 0 aromatic carbocycles. The first kappa shape index (κ1) is 54.9. The first-order chi connectivity index (χ1) is 30.2. The second kappa shape index (κ2) is 27.3. The maximum Gasteiger partial charge on any atom is 0.311 e. The van der Waals surface area contributed by atoms with Gasteiger partial charge in [0.2, 0.25) is 0 Å². The Bertz CT molecular complexity index is 1630. The molecule has 17 nitrogen and oxygen atoms in total. The van der Waals surface area contributed by atoms with Crippen molar-refractivity contribution in [3.8, 4) is 0 Å². The van der Waals surface area contributed by atoms with Gasteiger partial charge in [-0.25, -0.2) is 0 Å². The van der Waals surface area contributed by atoms with E-state index < -0.39 is 128 Å². The minimum Gasteiger partial charge on any atom is -0.481 e. The van der Waals surface area contributed by atoms with E-state index in [4.69, 9.17) is 24.7 Å². The van der Waals surface area contributed by atoms with Crippen LogP contribution in [0.4, 0.5) is 0 Å². The van der Waals surface area contributed by atoms with Gasteiger partial charge in [-0.2, -0.15) is 0 Å². The van der Waals surface area contributed by atoms with E-state index in [0.717, 1.165) is 0 Å². The predicted octanol–water partition coefficient (Wildman–Crippen LogP) is 1.74. The number of rotatable bonds is 3. The summed E-state index contributed by atoms with van der Waals surface area (Å²) < 4.78 is 23.3. The molecular weight excluding hydrogens is 835 g/mol. The Balaban J connectivity index is 1.84. The number of fused-ring (bicyclic) bond motifs is 2. The van der Waals surface area contributed by atoms with Crippen LogP contribution in [0.1, 0.15) is 85.5 Å². The van der Waals surface area contributed by atoms with E-state index in [1.807, 2.05) is 49.5 Å². The summed E-state index contributed by atoms with van der Waals surface area (Å²) in [6.07, 6.45) is 7.41. The highest BCUT2D eigenvalue weighted by molar-refractivity contribution is 5.71. The third kappa shape index (κ3) is 18.1. The molecule has 6 unspecified atom stereocenters. The van der Waals surface area contributed by atoms with Gasteiger partial charge in [-0.15, -0.1) is 0 Å². The number of nitrogens with two attached hydrogens (primary N) is 1. The Morgan fingerprint density at radius 3 is 1.86 bits per heavy atom. The molecule has 0 amide bonds. The molecule has 362 valence electrons. The molecule has 2 saturated heterocycles. The van der Waals surface area contributed by atoms with Gasteiger partial charge in [0.15, 0.2) is 12.1 Å². The minimum absolute atomic E-state index is 0.0209. The Morgan fingerprint density at radius 1 is 0.688 bits per heavy atom. The Hall–Kier alpha value is -3.40. The molecule has 0 aliphatic carbocycles. The summed E-state index contributed by atoms with van der Waals surface area (Å²) in [5.41, 5.74) is 6.02. The molecule has 0 aromatic rings. The second-order valence-corrected chi connectivity index (χ2v) is 17.4. The second-order valence-electron chi connectivity index (χ2n) is 17.4. The third-order valence-electron chi connectivity index (χ3n) is 12.0. The average Bonchev–Trinajstić information content (AvgIpc) is 3.22. The molecule has 18 atom stereocenters. The summed E-state index contributed by atoms with van der Waals surface area (Å²) >= 11 is 0. The quantitative estimate of drug-likeness (QED) is 0.180. The van der Waals surface area contributed by atoms with Gasteiger partial charge in [0.05, 0.1) is 67.1 Å². The molecule has 2 fully saturated rings. The normalized spacial score (nSPS) is 44.8. The first-order valence-electron chi connectivity index (χ1n) is 22.2. The highest BCUT2D eigenvalue weighted by Crippen LogP contribution is 2.38. The molecule has 3 rings (SSSR count). The first-order valence-corrected chi connectivity index (χ1v) is 22.2. The number of carbonyl (C=O) groups is 2. The summed E-state index contributed by atoms with van der Waals surface area (Å²) in [5, 5.41) is 108. The van der Waals surface area contributed by atoms with E-state index in [9.17, 15) is 60.7 Å². The number of hydrogen-bond acceptors (Lipinski definition) is 16. The molecule has 64 heavy (non-hydrogen) atoms. The van der Waals surface area contributed by atoms with Crippen molar-refractivity contribution in [2.75, 3.05) is 0 Å². The van der Waals surface area contributed by atoms with Crippen molar-refractivity contribution in [3.63, 3.8) is 0 Å². The summed E-state index contributed by atoms with van der Waals surface area (Å²) in [4.78, 5) is 25.0. The molecule has 3 heterocycles. The highest BCUT2D eigenvalue weighted by atomic mass is 16.7. The molecule has 0 saturated carbocycles. The molecule has 0 aromatic heterocycles. The topological polar surface area (TPSA) is 299 Å². The molecule has 3 aliphatic rings. The lowest BCUT2D eigenvalue weighted by atomic mass is 9.82. The van der Waals surface area contributed by atoms with Crippen molar-refractivity contribution in [3.05, 3.63) is 85.1 Å². The number of ether oxygens (including phenoxy) is 4. The number of aliphatic hydroxyl groups excluding tert-OH is 8. The lowest BCUT2D eigenvalue weighted by Crippen LogP contribution is -2.61. The number of carboxylic acid groups (broad SMARTS) is 1. The zero-order valence-electron chi connectivity index (χ0n) is 37.3. The van der Waals surface area contributed by atoms with Crippen molar-refractivity contribution in [2.45, 2.75) is 177 Å². The van der Waals surface area contributed by atoms with Gasteiger partial charge in [0.25, 0.3) is 0 Å². The van der Waals surface area contributed by atoms with Crippen LogP contribution in [0.25, 0.3) is 0 Å². The van der Waals surface area contributed by atoms with Gasteiger partial charge in [-0.05, 0) is 39.5 Å². The predicted molar refractivity (Wildman–Crippen MR) is 236 cm³/mol. The Labute approximate surface area is 376 Å². The number of aliphatic carboxylic acids is 1. The molecule has 3 aliphatic heterocycles. The fourth-order valence-electron chi connectivity index (χ4n) is 7.90. The standard InChI is InChI=1S/C47H73NO16/c1-28-18-15-13-11-9-7-5-6-8-10-12-14-16-20-34(63-46-44(57)41(48)43(56)31(4)62-46)25-38-40(45(58)59)37(53)27-47(60,64-38)26-33(50)24-36(52)35(51)23-22-32(49)19-17-21-39(54)61-30(3)29(2)42(28)55/h5-16,18,20,28-38,40-44,46,49-53,55-57,60H,17,19,21-27,48H2,1-4H3,(H,58,59)/b6-5+,9-7+,10-8+,13-11+,14-12+,18-15+,20-16+/t28-,29-,30-,31?,32-,33-,34-,35+,36+,37-,38?,40+,41?,42+,43?,44?,46?,47+/m0/s1. The van der Waals surface area contributed by atoms with Crippen LogP contribution in [0, 0.1) is 17.8 Å². The van der Waals surface area contributed by atoms with Gasteiger partial charge >= 0.3 is 11.9 Å². The minimum atomic E-state index is -2.29. The van der Waals surface area contributed by atoms with Crippen molar-refractivity contribution < 1.29 is 79.6 Å². The number of esters is 1. The number of aliphatic hydroxyl groups is 9. The summed E-state index contributed by atoms with van der Waals surface area (Å²) in [6.45, 7) is 6.92. The van der Waals surface area contributed by atoms with Crippen molar-refractivity contribution in [1.29, 1.82) is 0 Å². The summed E-state index contributed by atoms with van der Waals surface area (Å²) in [7, 11) is 0. The van der Waals surface area contributed by atoms with Gasteiger partial charge in [0, 0.05) is 43.9 Å². The number of allylic oxidation sites excluding steroid dienone is 12. The molecule has 12 N–H and O–H groups in total. The van der Waals surface area contributed by atoms with Gasteiger partial charge in [-0.3, -0.25) is 9.59 Å². The van der Waals surface area contributed by atoms with E-state index >= 15 is 0 Å². The largest absolute Gasteiger partial charge is 0.481 e. The number of hydrogen-bond donors (Lipinski definition) is 11. The summed E-state index contributed by atoms with van der Waals surface area (Å²) in [6, 6.07) is -1.14. The monoisotopic (exact) mass is 907 g/mol. The molecule has 2 bridgehead atoms. The van der Waals surface area contributed by atoms with E-state index in [-0.39, 0.29) is 50.4 Å². The van der Waals surface area contributed by atoms with E-state index in [2.05, 4.69) is 0 Å². The maximum absolute atomic E-state index is 12.6. The van der Waals surface area contributed by atoms with Gasteiger partial charge in [-0.1, -0.05) is 98.9 Å². The smallest absolute Gasteiger partial charge is 0.311 e. The van der Waals surface area contributed by atoms with Gasteiger partial charge < -0.3 is 75.7 Å². The SMILES string of the molecule is CC1OC(O[C@H]2/C=C/C=C/C=C/C=C/C=C/C=C/C=C/[C@H](C)[C@@H](O)[C@@H](C)[C@H](C)OC(=O)CCC[C@H](O)CC[C@@H](O)[C@H](O)C[C@H](O)C[C@]3(O)C[C@H](O)[C@@H](C(=O)O)C(C2)O3)C(O)C(N)C1O. The Kier molecular flexibility index (Phi) is 23.4. The fourth-order valence-corrected chi connectivity index (χ4v) is 7.90. The number of carboxylic acids is 1. The van der Waals surface area contributed by atoms with Crippen molar-refractivity contribution in [2.24, 2.45) is 23.5 Å². The Morgan fingerprint density at radius 2 is 1.27 bits per heavy atom. The zero-order chi connectivity index (χ0) is 47.6. The van der Waals surface area contributed by atoms with Crippen LogP contribution in [0.15, 0.2) is 85.1 Å². The molecule has 0 spiro atoms. The fraction of sp³-hybridized carbons (Fsp3) is 0.660. The van der Waals surface area contributed by atoms with Crippen LogP contribution >= 0.6 is 0 Å². The van der Waals surface area contributed by atoms with Crippen molar-refractivity contribution in [1.82, 2.24) is 0 Å². The lowest BCUT2D eigenvalue weighted by molar-refractivity contribution is -0.308. The average molecular weight is 908 g/mol. The van der Waals surface area contributed by atoms with E-state index in [1.165, 1.54) is 13.0 Å². The van der Waals surface area contributed by atoms with Crippen LogP contribution < -0.4 is 5.73 Å². The van der Waals surface area contributed by atoms with Crippen LogP contribution in [0.2, 0.25) is 0 Å². The summed E-state index contributed by atoms with van der Waals surface area (Å²) in [5.74, 6) is -6.36. The number of cyclic esters (lactones) is 1. The van der Waals surface area contributed by atoms with Crippen LogP contribution in [0.5, 0.6) is 0 Å².